The van der Waals surface area contributed by atoms with E-state index in [4.69, 9.17) is 0 Å². The van der Waals surface area contributed by atoms with E-state index in [1.54, 1.807) is 18.0 Å². The molecule has 0 aliphatic carbocycles. The molecule has 29 heavy (non-hydrogen) atoms. The zero-order chi connectivity index (χ0) is 22.4. The maximum atomic E-state index is 13.4. The largest absolute Gasteiger partial charge is 0.478 e. The molecule has 3 atom stereocenters. The van der Waals surface area contributed by atoms with Crippen LogP contribution < -0.4 is 5.32 Å². The standard InChI is InChI=1S/C22H39N3O4/c1-8-11-16(14-15(2)21(28)29)25(7)20(27)18(22(3,4)5)23-19(26)17-12-9-10-13-24(17)6/h14,16-18H,8-13H2,1-7H3,(H,23,26)(H,28,29)/b15-14+/t16-,17+,18+/m0/s1. The Hall–Kier alpha value is -1.89. The molecule has 2 N–H and O–H groups in total. The van der Waals surface area contributed by atoms with E-state index in [1.807, 2.05) is 39.6 Å². The maximum Gasteiger partial charge on any atom is 0.331 e. The number of aliphatic carboxylic acids is 1. The van der Waals surface area contributed by atoms with Crippen LogP contribution in [0.4, 0.5) is 0 Å². The Bertz CT molecular complexity index is 624. The van der Waals surface area contributed by atoms with Crippen molar-refractivity contribution < 1.29 is 19.5 Å². The molecule has 1 aliphatic rings. The summed E-state index contributed by atoms with van der Waals surface area (Å²) in [7, 11) is 3.63. The predicted molar refractivity (Wildman–Crippen MR) is 115 cm³/mol. The maximum absolute atomic E-state index is 13.4. The summed E-state index contributed by atoms with van der Waals surface area (Å²) in [5, 5.41) is 12.2. The van der Waals surface area contributed by atoms with Crippen molar-refractivity contribution in [2.45, 2.75) is 84.8 Å². The van der Waals surface area contributed by atoms with Crippen molar-refractivity contribution in [3.8, 4) is 0 Å². The lowest BCUT2D eigenvalue weighted by Crippen LogP contribution is -2.59. The van der Waals surface area contributed by atoms with Gasteiger partial charge in [-0.2, -0.15) is 0 Å². The molecule has 0 spiro atoms. The number of piperidine rings is 1. The van der Waals surface area contributed by atoms with Crippen molar-refractivity contribution in [2.75, 3.05) is 20.6 Å². The number of likely N-dealkylation sites (N-methyl/N-ethyl adjacent to an activating group) is 2. The Kier molecular flexibility index (Phi) is 9.33. The minimum atomic E-state index is -0.993. The minimum absolute atomic E-state index is 0.113. The van der Waals surface area contributed by atoms with Gasteiger partial charge in [0, 0.05) is 12.6 Å². The number of likely N-dealkylation sites (tertiary alicyclic amines) is 1. The summed E-state index contributed by atoms with van der Waals surface area (Å²) in [5.41, 5.74) is -0.264. The zero-order valence-corrected chi connectivity index (χ0v) is 19.1. The second kappa shape index (κ2) is 10.8. The van der Waals surface area contributed by atoms with Crippen molar-refractivity contribution in [2.24, 2.45) is 5.41 Å². The van der Waals surface area contributed by atoms with Crippen molar-refractivity contribution in [3.63, 3.8) is 0 Å². The van der Waals surface area contributed by atoms with E-state index in [0.29, 0.717) is 6.42 Å². The first-order chi connectivity index (χ1) is 13.4. The van der Waals surface area contributed by atoms with E-state index in [1.165, 1.54) is 6.92 Å². The fourth-order valence-corrected chi connectivity index (χ4v) is 3.70. The van der Waals surface area contributed by atoms with Gasteiger partial charge >= 0.3 is 5.97 Å². The van der Waals surface area contributed by atoms with E-state index < -0.39 is 17.4 Å². The first-order valence-electron chi connectivity index (χ1n) is 10.6. The molecule has 0 aromatic heterocycles. The number of rotatable bonds is 8. The number of amides is 2. The Morgan fingerprint density at radius 2 is 1.90 bits per heavy atom. The van der Waals surface area contributed by atoms with Gasteiger partial charge in [-0.25, -0.2) is 4.79 Å². The lowest BCUT2D eigenvalue weighted by atomic mass is 9.85. The van der Waals surface area contributed by atoms with Crippen LogP contribution in [0.2, 0.25) is 0 Å². The summed E-state index contributed by atoms with van der Waals surface area (Å²) >= 11 is 0. The molecule has 0 aromatic rings. The van der Waals surface area contributed by atoms with Crippen LogP contribution in [-0.4, -0.2) is 71.5 Å². The third-order valence-electron chi connectivity index (χ3n) is 5.68. The summed E-state index contributed by atoms with van der Waals surface area (Å²) in [6.07, 6.45) is 5.98. The van der Waals surface area contributed by atoms with Gasteiger partial charge in [-0.15, -0.1) is 0 Å². The molecule has 1 rings (SSSR count). The van der Waals surface area contributed by atoms with Crippen molar-refractivity contribution in [1.29, 1.82) is 0 Å². The molecule has 1 heterocycles. The molecule has 0 radical (unpaired) electrons. The number of hydrogen-bond acceptors (Lipinski definition) is 4. The van der Waals surface area contributed by atoms with Gasteiger partial charge in [0.2, 0.25) is 11.8 Å². The van der Waals surface area contributed by atoms with Crippen molar-refractivity contribution >= 4 is 17.8 Å². The second-order valence-electron chi connectivity index (χ2n) is 9.26. The molecular weight excluding hydrogens is 370 g/mol. The van der Waals surface area contributed by atoms with Gasteiger partial charge in [-0.05, 0) is 45.2 Å². The fraction of sp³-hybridized carbons (Fsp3) is 0.773. The normalized spacial score (nSPS) is 20.7. The molecule has 1 saturated heterocycles. The Balaban J connectivity index is 3.06. The molecule has 166 valence electrons. The average molecular weight is 410 g/mol. The molecule has 0 unspecified atom stereocenters. The van der Waals surface area contributed by atoms with Crippen LogP contribution in [0.3, 0.4) is 0 Å². The van der Waals surface area contributed by atoms with Crippen molar-refractivity contribution in [1.82, 2.24) is 15.1 Å². The molecule has 2 amide bonds. The monoisotopic (exact) mass is 409 g/mol. The quantitative estimate of drug-likeness (QED) is 0.602. The first-order valence-corrected chi connectivity index (χ1v) is 10.6. The number of carbonyl (C=O) groups is 3. The summed E-state index contributed by atoms with van der Waals surface area (Å²) in [6, 6.07) is -1.23. The van der Waals surface area contributed by atoms with Crippen LogP contribution in [0.25, 0.3) is 0 Å². The van der Waals surface area contributed by atoms with Crippen LogP contribution in [-0.2, 0) is 14.4 Å². The number of carbonyl (C=O) groups excluding carboxylic acids is 2. The van der Waals surface area contributed by atoms with E-state index in [0.717, 1.165) is 32.2 Å². The summed E-state index contributed by atoms with van der Waals surface area (Å²) in [5.74, 6) is -1.30. The van der Waals surface area contributed by atoms with Gasteiger partial charge in [0.1, 0.15) is 6.04 Å². The molecule has 7 heteroatoms. The molecule has 7 nitrogen and oxygen atoms in total. The fourth-order valence-electron chi connectivity index (χ4n) is 3.70. The Labute approximate surface area is 175 Å². The third kappa shape index (κ3) is 7.14. The molecule has 1 aliphatic heterocycles. The number of carboxylic acids is 1. The zero-order valence-electron chi connectivity index (χ0n) is 19.1. The molecule has 0 bridgehead atoms. The second-order valence-corrected chi connectivity index (χ2v) is 9.26. The van der Waals surface area contributed by atoms with Crippen molar-refractivity contribution in [3.05, 3.63) is 11.6 Å². The van der Waals surface area contributed by atoms with Gasteiger partial charge in [0.25, 0.3) is 0 Å². The first kappa shape index (κ1) is 25.1. The van der Waals surface area contributed by atoms with Crippen LogP contribution in [0, 0.1) is 5.41 Å². The molecule has 1 fully saturated rings. The lowest BCUT2D eigenvalue weighted by molar-refractivity contribution is -0.141. The Morgan fingerprint density at radius 3 is 2.38 bits per heavy atom. The highest BCUT2D eigenvalue weighted by molar-refractivity contribution is 5.91. The summed E-state index contributed by atoms with van der Waals surface area (Å²) < 4.78 is 0. The van der Waals surface area contributed by atoms with Gasteiger partial charge < -0.3 is 15.3 Å². The number of nitrogens with zero attached hydrogens (tertiary/aromatic N) is 2. The van der Waals surface area contributed by atoms with Gasteiger partial charge in [-0.3, -0.25) is 14.5 Å². The molecule has 0 saturated carbocycles. The van der Waals surface area contributed by atoms with E-state index in [9.17, 15) is 19.5 Å². The smallest absolute Gasteiger partial charge is 0.331 e. The minimum Gasteiger partial charge on any atom is -0.478 e. The molecular formula is C22H39N3O4. The van der Waals surface area contributed by atoms with E-state index >= 15 is 0 Å². The predicted octanol–water partition coefficient (Wildman–Crippen LogP) is 2.66. The summed E-state index contributed by atoms with van der Waals surface area (Å²) in [6.45, 7) is 10.2. The SMILES string of the molecule is CCC[C@@H](/C=C(\C)C(=O)O)N(C)C(=O)[C@@H](NC(=O)[C@H]1CCCCN1C)C(C)(C)C. The number of hydrogen-bond donors (Lipinski definition) is 2. The van der Waals surface area contributed by atoms with Gasteiger partial charge in [0.05, 0.1) is 12.1 Å². The highest BCUT2D eigenvalue weighted by Gasteiger charge is 2.38. The summed E-state index contributed by atoms with van der Waals surface area (Å²) in [4.78, 5) is 41.2. The van der Waals surface area contributed by atoms with Crippen LogP contribution in [0.15, 0.2) is 11.6 Å². The van der Waals surface area contributed by atoms with Gasteiger partial charge in [0.15, 0.2) is 0 Å². The highest BCUT2D eigenvalue weighted by Crippen LogP contribution is 2.24. The van der Waals surface area contributed by atoms with E-state index in [2.05, 4.69) is 5.32 Å². The topological polar surface area (TPSA) is 90.0 Å². The van der Waals surface area contributed by atoms with E-state index in [-0.39, 0.29) is 29.5 Å². The third-order valence-corrected chi connectivity index (χ3v) is 5.68. The highest BCUT2D eigenvalue weighted by atomic mass is 16.4. The van der Waals surface area contributed by atoms with Crippen LogP contribution >= 0.6 is 0 Å². The van der Waals surface area contributed by atoms with Crippen LogP contribution in [0.5, 0.6) is 0 Å². The number of carboxylic acid groups (broad SMARTS) is 1. The van der Waals surface area contributed by atoms with Crippen LogP contribution in [0.1, 0.15) is 66.7 Å². The number of nitrogens with one attached hydrogen (secondary N) is 1. The lowest BCUT2D eigenvalue weighted by Gasteiger charge is -2.38. The average Bonchev–Trinajstić information content (AvgIpc) is 2.63. The Morgan fingerprint density at radius 1 is 1.28 bits per heavy atom. The molecule has 0 aromatic carbocycles. The van der Waals surface area contributed by atoms with Gasteiger partial charge in [-0.1, -0.05) is 46.6 Å².